The lowest BCUT2D eigenvalue weighted by atomic mass is 10.1. The largest absolute Gasteiger partial charge is 0.322 e. The Morgan fingerprint density at radius 1 is 1.00 bits per heavy atom. The lowest BCUT2D eigenvalue weighted by Gasteiger charge is -2.09. The normalized spacial score (nSPS) is 11.3. The number of aromatic nitrogens is 4. The number of anilines is 1. The van der Waals surface area contributed by atoms with Crippen molar-refractivity contribution < 1.29 is 17.6 Å². The zero-order chi connectivity index (χ0) is 23.9. The zero-order valence-corrected chi connectivity index (χ0v) is 19.5. The fourth-order valence-corrected chi connectivity index (χ4v) is 4.07. The Kier molecular flexibility index (Phi) is 6.39. The van der Waals surface area contributed by atoms with Gasteiger partial charge < -0.3 is 5.32 Å². The summed E-state index contributed by atoms with van der Waals surface area (Å²) in [5.41, 5.74) is 3.84. The molecule has 0 bridgehead atoms. The van der Waals surface area contributed by atoms with Crippen LogP contribution < -0.4 is 10.5 Å². The number of benzene rings is 2. The summed E-state index contributed by atoms with van der Waals surface area (Å²) >= 11 is 0. The molecule has 5 aromatic rings. The minimum absolute atomic E-state index is 0. The van der Waals surface area contributed by atoms with Crippen LogP contribution in [0.1, 0.15) is 10.4 Å². The van der Waals surface area contributed by atoms with E-state index in [2.05, 4.69) is 20.5 Å². The first-order valence-corrected chi connectivity index (χ1v) is 11.5. The lowest BCUT2D eigenvalue weighted by molar-refractivity contribution is 0.102. The maximum Gasteiger partial charge on any atom is 0.258 e. The van der Waals surface area contributed by atoms with Gasteiger partial charge in [-0.25, -0.2) is 22.9 Å². The molecule has 2 aromatic carbocycles. The van der Waals surface area contributed by atoms with E-state index < -0.39 is 21.7 Å². The van der Waals surface area contributed by atoms with Crippen LogP contribution >= 0.6 is 12.4 Å². The van der Waals surface area contributed by atoms with Gasteiger partial charge in [0.25, 0.3) is 5.91 Å². The zero-order valence-electron chi connectivity index (χ0n) is 17.8. The molecule has 3 aromatic heterocycles. The van der Waals surface area contributed by atoms with Crippen LogP contribution in [0.25, 0.3) is 28.0 Å². The molecule has 35 heavy (non-hydrogen) atoms. The van der Waals surface area contributed by atoms with E-state index in [1.54, 1.807) is 24.7 Å². The van der Waals surface area contributed by atoms with Gasteiger partial charge in [-0.3, -0.25) is 14.3 Å². The van der Waals surface area contributed by atoms with Gasteiger partial charge >= 0.3 is 0 Å². The van der Waals surface area contributed by atoms with E-state index >= 15 is 0 Å². The molecule has 178 valence electrons. The number of rotatable bonds is 5. The minimum Gasteiger partial charge on any atom is -0.322 e. The molecule has 0 spiro atoms. The summed E-state index contributed by atoms with van der Waals surface area (Å²) in [5, 5.41) is 14.3. The fraction of sp³-hybridized carbons (Fsp3) is 0. The number of halogens is 2. The lowest BCUT2D eigenvalue weighted by Crippen LogP contribution is -2.15. The molecule has 5 rings (SSSR count). The molecule has 0 radical (unpaired) electrons. The number of carbonyl (C=O) groups excluding carboxylic acids is 1. The van der Waals surface area contributed by atoms with Gasteiger partial charge in [-0.2, -0.15) is 5.10 Å². The molecule has 3 heterocycles. The number of H-pyrrole nitrogens is 1. The Labute approximate surface area is 205 Å². The number of nitrogens with zero attached hydrogens (tertiary/aromatic N) is 3. The monoisotopic (exact) mass is 512 g/mol. The summed E-state index contributed by atoms with van der Waals surface area (Å²) in [6.45, 7) is 0. The molecule has 0 fully saturated rings. The van der Waals surface area contributed by atoms with Gasteiger partial charge in [0.05, 0.1) is 28.5 Å². The standard InChI is InChI=1S/C23H17FN6O3S.ClH/c24-20-9-14(21-12-26-22-8-2-15(13-30(21)22)16-10-27-28-11-16)1-7-19(20)23(31)29-17-3-5-18(6-4-17)34(25,32)33;/h1-13H,(H,27,28)(H,29,31)(H2,25,32,33);1H. The van der Waals surface area contributed by atoms with Crippen molar-refractivity contribution in [1.29, 1.82) is 0 Å². The van der Waals surface area contributed by atoms with E-state index in [-0.39, 0.29) is 22.9 Å². The second kappa shape index (κ2) is 9.29. The van der Waals surface area contributed by atoms with Gasteiger partial charge in [0.15, 0.2) is 0 Å². The molecule has 0 aliphatic rings. The first-order valence-electron chi connectivity index (χ1n) is 10.00. The molecule has 12 heteroatoms. The molecule has 1 amide bonds. The van der Waals surface area contributed by atoms with Crippen LogP contribution in [0.5, 0.6) is 0 Å². The number of primary sulfonamides is 1. The first kappa shape index (κ1) is 24.1. The maximum atomic E-state index is 14.9. The Morgan fingerprint density at radius 2 is 1.74 bits per heavy atom. The Bertz CT molecular complexity index is 1630. The predicted molar refractivity (Wildman–Crippen MR) is 131 cm³/mol. The van der Waals surface area contributed by atoms with Crippen molar-refractivity contribution in [2.75, 3.05) is 5.32 Å². The highest BCUT2D eigenvalue weighted by molar-refractivity contribution is 7.89. The van der Waals surface area contributed by atoms with Gasteiger partial charge in [0.2, 0.25) is 10.0 Å². The van der Waals surface area contributed by atoms with E-state index in [1.807, 2.05) is 22.7 Å². The molecule has 0 aliphatic carbocycles. The number of carbonyl (C=O) groups is 1. The van der Waals surface area contributed by atoms with Crippen LogP contribution in [0.2, 0.25) is 0 Å². The van der Waals surface area contributed by atoms with Gasteiger partial charge in [0, 0.05) is 34.8 Å². The molecule has 0 atom stereocenters. The summed E-state index contributed by atoms with van der Waals surface area (Å²) in [4.78, 5) is 16.9. The summed E-state index contributed by atoms with van der Waals surface area (Å²) in [5.74, 6) is -1.38. The third-order valence-corrected chi connectivity index (χ3v) is 6.22. The van der Waals surface area contributed by atoms with Gasteiger partial charge in [-0.15, -0.1) is 12.4 Å². The van der Waals surface area contributed by atoms with Crippen LogP contribution in [0.3, 0.4) is 0 Å². The molecule has 0 saturated heterocycles. The number of imidazole rings is 1. The van der Waals surface area contributed by atoms with E-state index in [0.29, 0.717) is 22.6 Å². The van der Waals surface area contributed by atoms with Crippen molar-refractivity contribution >= 4 is 39.7 Å². The number of aromatic amines is 1. The minimum atomic E-state index is -3.85. The molecule has 9 nitrogen and oxygen atoms in total. The van der Waals surface area contributed by atoms with Crippen LogP contribution in [0.15, 0.2) is 84.3 Å². The molecule has 0 unspecified atom stereocenters. The van der Waals surface area contributed by atoms with E-state index in [4.69, 9.17) is 5.14 Å². The first-order chi connectivity index (χ1) is 16.3. The SMILES string of the molecule is Cl.NS(=O)(=O)c1ccc(NC(=O)c2ccc(-c3cnc4ccc(-c5cn[nH]c5)cn34)cc2F)cc1. The third-order valence-electron chi connectivity index (χ3n) is 5.29. The Hall–Kier alpha value is -4.06. The van der Waals surface area contributed by atoms with Gasteiger partial charge in [-0.05, 0) is 48.5 Å². The average Bonchev–Trinajstić information content (AvgIpc) is 3.48. The number of sulfonamides is 1. The highest BCUT2D eigenvalue weighted by atomic mass is 35.5. The summed E-state index contributed by atoms with van der Waals surface area (Å²) in [6, 6.07) is 13.3. The number of nitrogens with two attached hydrogens (primary N) is 1. The molecular formula is C23H18ClFN6O3S. The van der Waals surface area contributed by atoms with Crippen LogP contribution in [0.4, 0.5) is 10.1 Å². The summed E-state index contributed by atoms with van der Waals surface area (Å²) < 4.78 is 39.5. The van der Waals surface area contributed by atoms with Crippen molar-refractivity contribution in [1.82, 2.24) is 19.6 Å². The van der Waals surface area contributed by atoms with E-state index in [9.17, 15) is 17.6 Å². The van der Waals surface area contributed by atoms with E-state index in [1.165, 1.54) is 36.4 Å². The fourth-order valence-electron chi connectivity index (χ4n) is 3.56. The number of hydrogen-bond donors (Lipinski definition) is 3. The average molecular weight is 513 g/mol. The second-order valence-corrected chi connectivity index (χ2v) is 9.06. The molecule has 4 N–H and O–H groups in total. The maximum absolute atomic E-state index is 14.9. The molecule has 0 aliphatic heterocycles. The van der Waals surface area contributed by atoms with Crippen LogP contribution in [-0.4, -0.2) is 33.9 Å². The quantitative estimate of drug-likeness (QED) is 0.328. The number of amides is 1. The van der Waals surface area contributed by atoms with Gasteiger partial charge in [0.1, 0.15) is 11.5 Å². The Morgan fingerprint density at radius 3 is 2.40 bits per heavy atom. The summed E-state index contributed by atoms with van der Waals surface area (Å²) in [6.07, 6.45) is 6.99. The highest BCUT2D eigenvalue weighted by Crippen LogP contribution is 2.26. The molecule has 0 saturated carbocycles. The third kappa shape index (κ3) is 4.78. The van der Waals surface area contributed by atoms with Crippen molar-refractivity contribution in [2.24, 2.45) is 5.14 Å². The summed E-state index contributed by atoms with van der Waals surface area (Å²) in [7, 11) is -3.85. The predicted octanol–water partition coefficient (Wildman–Crippen LogP) is 3.85. The van der Waals surface area contributed by atoms with Crippen molar-refractivity contribution in [2.45, 2.75) is 4.90 Å². The number of pyridine rings is 1. The molecular weight excluding hydrogens is 495 g/mol. The van der Waals surface area contributed by atoms with E-state index in [0.717, 1.165) is 11.1 Å². The smallest absolute Gasteiger partial charge is 0.258 e. The topological polar surface area (TPSA) is 135 Å². The highest BCUT2D eigenvalue weighted by Gasteiger charge is 2.16. The van der Waals surface area contributed by atoms with Crippen molar-refractivity contribution in [3.8, 4) is 22.4 Å². The van der Waals surface area contributed by atoms with Gasteiger partial charge in [-0.1, -0.05) is 6.07 Å². The van der Waals surface area contributed by atoms with Crippen LogP contribution in [0, 0.1) is 5.82 Å². The number of hydrogen-bond acceptors (Lipinski definition) is 5. The van der Waals surface area contributed by atoms with Crippen LogP contribution in [-0.2, 0) is 10.0 Å². The van der Waals surface area contributed by atoms with Crippen molar-refractivity contribution in [3.05, 3.63) is 90.8 Å². The number of nitrogens with one attached hydrogen (secondary N) is 2. The van der Waals surface area contributed by atoms with Crippen molar-refractivity contribution in [3.63, 3.8) is 0 Å². The number of fused-ring (bicyclic) bond motifs is 1. The Balaban J connectivity index is 0.00000289. The second-order valence-electron chi connectivity index (χ2n) is 7.49.